The van der Waals surface area contributed by atoms with Crippen molar-refractivity contribution in [2.24, 2.45) is 0 Å². The zero-order chi connectivity index (χ0) is 11.0. The SMILES string of the molecule is Nc1ccc2[nH]c(Cn3cccn3)nc2n1. The third-order valence-corrected chi connectivity index (χ3v) is 2.29. The minimum absolute atomic E-state index is 0.477. The number of aromatic amines is 1. The van der Waals surface area contributed by atoms with Crippen molar-refractivity contribution in [2.45, 2.75) is 6.54 Å². The van der Waals surface area contributed by atoms with Crippen molar-refractivity contribution in [3.8, 4) is 0 Å². The Labute approximate surface area is 91.1 Å². The van der Waals surface area contributed by atoms with Crippen LogP contribution >= 0.6 is 0 Å². The van der Waals surface area contributed by atoms with E-state index in [1.165, 1.54) is 0 Å². The highest BCUT2D eigenvalue weighted by Gasteiger charge is 2.04. The van der Waals surface area contributed by atoms with E-state index in [4.69, 9.17) is 5.73 Å². The number of nitrogens with two attached hydrogens (primary N) is 1. The fraction of sp³-hybridized carbons (Fsp3) is 0.100. The predicted molar refractivity (Wildman–Crippen MR) is 59.6 cm³/mol. The van der Waals surface area contributed by atoms with Gasteiger partial charge in [-0.1, -0.05) is 0 Å². The minimum atomic E-state index is 0.477. The molecule has 0 aliphatic rings. The Morgan fingerprint density at radius 1 is 1.31 bits per heavy atom. The van der Waals surface area contributed by atoms with Gasteiger partial charge in [0.05, 0.1) is 12.1 Å². The molecule has 0 bridgehead atoms. The molecule has 0 radical (unpaired) electrons. The first-order valence-electron chi connectivity index (χ1n) is 4.90. The topological polar surface area (TPSA) is 85.4 Å². The van der Waals surface area contributed by atoms with Gasteiger partial charge in [-0.2, -0.15) is 5.10 Å². The van der Waals surface area contributed by atoms with Crippen LogP contribution in [-0.4, -0.2) is 24.7 Å². The number of imidazole rings is 1. The van der Waals surface area contributed by atoms with Crippen molar-refractivity contribution < 1.29 is 0 Å². The molecule has 0 spiro atoms. The molecule has 16 heavy (non-hydrogen) atoms. The Hall–Kier alpha value is -2.37. The molecule has 3 rings (SSSR count). The van der Waals surface area contributed by atoms with Crippen molar-refractivity contribution in [3.63, 3.8) is 0 Å². The first kappa shape index (κ1) is 8.90. The first-order chi connectivity index (χ1) is 7.81. The predicted octanol–water partition coefficient (Wildman–Crippen LogP) is 0.785. The quantitative estimate of drug-likeness (QED) is 0.660. The number of hydrogen-bond donors (Lipinski definition) is 2. The van der Waals surface area contributed by atoms with Crippen LogP contribution in [0.5, 0.6) is 0 Å². The third-order valence-electron chi connectivity index (χ3n) is 2.29. The summed E-state index contributed by atoms with van der Waals surface area (Å²) in [5, 5.41) is 4.11. The van der Waals surface area contributed by atoms with Crippen LogP contribution < -0.4 is 5.73 Å². The summed E-state index contributed by atoms with van der Waals surface area (Å²) in [4.78, 5) is 11.6. The van der Waals surface area contributed by atoms with E-state index >= 15 is 0 Å². The maximum absolute atomic E-state index is 5.59. The van der Waals surface area contributed by atoms with Crippen LogP contribution in [0, 0.1) is 0 Å². The summed E-state index contributed by atoms with van der Waals surface area (Å²) < 4.78 is 1.79. The van der Waals surface area contributed by atoms with Crippen LogP contribution in [-0.2, 0) is 6.54 Å². The second-order valence-corrected chi connectivity index (χ2v) is 3.49. The molecule has 0 unspecified atom stereocenters. The van der Waals surface area contributed by atoms with Crippen molar-refractivity contribution in [1.29, 1.82) is 0 Å². The van der Waals surface area contributed by atoms with Crippen molar-refractivity contribution in [3.05, 3.63) is 36.4 Å². The van der Waals surface area contributed by atoms with Crippen LogP contribution in [0.4, 0.5) is 5.82 Å². The summed E-state index contributed by atoms with van der Waals surface area (Å²) in [5.41, 5.74) is 7.11. The monoisotopic (exact) mass is 214 g/mol. The molecule has 3 heterocycles. The lowest BCUT2D eigenvalue weighted by molar-refractivity contribution is 0.663. The van der Waals surface area contributed by atoms with E-state index in [9.17, 15) is 0 Å². The number of nitrogen functional groups attached to an aromatic ring is 1. The Bertz CT molecular complexity index is 609. The number of H-pyrrole nitrogens is 1. The molecule has 6 nitrogen and oxygen atoms in total. The number of pyridine rings is 1. The van der Waals surface area contributed by atoms with Gasteiger partial charge in [0, 0.05) is 12.4 Å². The number of anilines is 1. The lowest BCUT2D eigenvalue weighted by Crippen LogP contribution is -2.01. The average molecular weight is 214 g/mol. The summed E-state index contributed by atoms with van der Waals surface area (Å²) in [5.74, 6) is 1.29. The van der Waals surface area contributed by atoms with Gasteiger partial charge in [0.25, 0.3) is 0 Å². The van der Waals surface area contributed by atoms with Gasteiger partial charge in [0.2, 0.25) is 0 Å². The molecule has 0 aliphatic carbocycles. The summed E-state index contributed by atoms with van der Waals surface area (Å²) in [7, 11) is 0. The maximum Gasteiger partial charge on any atom is 0.179 e. The van der Waals surface area contributed by atoms with Gasteiger partial charge in [-0.25, -0.2) is 9.97 Å². The molecule has 0 atom stereocenters. The minimum Gasteiger partial charge on any atom is -0.384 e. The van der Waals surface area contributed by atoms with Crippen molar-refractivity contribution >= 4 is 17.0 Å². The molecule has 3 N–H and O–H groups in total. The first-order valence-corrected chi connectivity index (χ1v) is 4.90. The van der Waals surface area contributed by atoms with Crippen LogP contribution in [0.15, 0.2) is 30.6 Å². The van der Waals surface area contributed by atoms with Gasteiger partial charge in [-0.05, 0) is 18.2 Å². The second-order valence-electron chi connectivity index (χ2n) is 3.49. The highest BCUT2D eigenvalue weighted by molar-refractivity contribution is 5.72. The molecule has 0 amide bonds. The van der Waals surface area contributed by atoms with E-state index in [0.717, 1.165) is 11.3 Å². The molecule has 0 aromatic carbocycles. The van der Waals surface area contributed by atoms with Crippen molar-refractivity contribution in [1.82, 2.24) is 24.7 Å². The third kappa shape index (κ3) is 1.50. The molecule has 3 aromatic heterocycles. The Morgan fingerprint density at radius 2 is 2.25 bits per heavy atom. The van der Waals surface area contributed by atoms with E-state index < -0.39 is 0 Å². The summed E-state index contributed by atoms with van der Waals surface area (Å²) in [6, 6.07) is 5.49. The van der Waals surface area contributed by atoms with Gasteiger partial charge in [0.15, 0.2) is 5.65 Å². The normalized spacial score (nSPS) is 11.0. The Morgan fingerprint density at radius 3 is 3.06 bits per heavy atom. The van der Waals surface area contributed by atoms with Crippen LogP contribution in [0.1, 0.15) is 5.82 Å². The van der Waals surface area contributed by atoms with Crippen LogP contribution in [0.25, 0.3) is 11.2 Å². The lowest BCUT2D eigenvalue weighted by Gasteiger charge is -1.95. The van der Waals surface area contributed by atoms with Crippen LogP contribution in [0.2, 0.25) is 0 Å². The fourth-order valence-electron chi connectivity index (χ4n) is 1.58. The maximum atomic E-state index is 5.59. The van der Waals surface area contributed by atoms with E-state index in [2.05, 4.69) is 20.1 Å². The zero-order valence-electron chi connectivity index (χ0n) is 8.46. The molecule has 0 saturated carbocycles. The second kappa shape index (κ2) is 3.34. The molecular formula is C10H10N6. The molecular weight excluding hydrogens is 204 g/mol. The number of nitrogens with zero attached hydrogens (tertiary/aromatic N) is 4. The van der Waals surface area contributed by atoms with Crippen LogP contribution in [0.3, 0.4) is 0 Å². The molecule has 0 saturated heterocycles. The number of fused-ring (bicyclic) bond motifs is 1. The highest BCUT2D eigenvalue weighted by Crippen LogP contribution is 2.11. The van der Waals surface area contributed by atoms with Gasteiger partial charge in [-0.3, -0.25) is 4.68 Å². The number of aromatic nitrogens is 5. The number of hydrogen-bond acceptors (Lipinski definition) is 4. The van der Waals surface area contributed by atoms with Gasteiger partial charge >= 0.3 is 0 Å². The highest BCUT2D eigenvalue weighted by atomic mass is 15.3. The lowest BCUT2D eigenvalue weighted by atomic mass is 10.4. The van der Waals surface area contributed by atoms with Gasteiger partial charge in [0.1, 0.15) is 11.6 Å². The smallest absolute Gasteiger partial charge is 0.179 e. The standard InChI is InChI=1S/C10H10N6/c11-8-3-2-7-10(14-8)15-9(13-7)6-16-5-1-4-12-16/h1-5H,6H2,(H3,11,13,14,15). The Kier molecular flexibility index (Phi) is 1.86. The average Bonchev–Trinajstić information content (AvgIpc) is 2.86. The number of nitrogens with one attached hydrogen (secondary N) is 1. The van der Waals surface area contributed by atoms with Gasteiger partial charge in [-0.15, -0.1) is 0 Å². The van der Waals surface area contributed by atoms with E-state index in [-0.39, 0.29) is 0 Å². The summed E-state index contributed by atoms with van der Waals surface area (Å²) in [6.45, 7) is 0.600. The van der Waals surface area contributed by atoms with E-state index in [0.29, 0.717) is 18.0 Å². The molecule has 0 fully saturated rings. The number of rotatable bonds is 2. The Balaban J connectivity index is 1.99. The van der Waals surface area contributed by atoms with Crippen molar-refractivity contribution in [2.75, 3.05) is 5.73 Å². The fourth-order valence-corrected chi connectivity index (χ4v) is 1.58. The largest absolute Gasteiger partial charge is 0.384 e. The van der Waals surface area contributed by atoms with Gasteiger partial charge < -0.3 is 10.7 Å². The molecule has 3 aromatic rings. The molecule has 6 heteroatoms. The molecule has 80 valence electrons. The van der Waals surface area contributed by atoms with E-state index in [1.807, 2.05) is 18.3 Å². The zero-order valence-corrected chi connectivity index (χ0v) is 8.46. The summed E-state index contributed by atoms with van der Waals surface area (Å²) >= 11 is 0. The van der Waals surface area contributed by atoms with E-state index in [1.54, 1.807) is 16.9 Å². The molecule has 0 aliphatic heterocycles. The summed E-state index contributed by atoms with van der Waals surface area (Å²) in [6.07, 6.45) is 3.62.